The highest BCUT2D eigenvalue weighted by Crippen LogP contribution is 2.28. The molecule has 2 heterocycles. The van der Waals surface area contributed by atoms with Gasteiger partial charge in [-0.3, -0.25) is 4.98 Å². The van der Waals surface area contributed by atoms with Crippen LogP contribution >= 0.6 is 12.2 Å². The maximum Gasteiger partial charge on any atom is 0.417 e. The summed E-state index contributed by atoms with van der Waals surface area (Å²) in [4.78, 5) is 7.85. The van der Waals surface area contributed by atoms with Crippen LogP contribution in [0.2, 0.25) is 0 Å². The minimum atomic E-state index is -4.40. The molecule has 0 amide bonds. The maximum atomic E-state index is 12.4. The third kappa shape index (κ3) is 4.96. The van der Waals surface area contributed by atoms with Crippen molar-refractivity contribution in [1.29, 1.82) is 0 Å². The van der Waals surface area contributed by atoms with Crippen LogP contribution in [-0.4, -0.2) is 21.6 Å². The molecule has 0 aliphatic heterocycles. The Kier molecular flexibility index (Phi) is 5.26. The predicted molar refractivity (Wildman–Crippen MR) is 81.4 cm³/mol. The summed E-state index contributed by atoms with van der Waals surface area (Å²) >= 11 is 5.05. The molecule has 0 saturated heterocycles. The van der Waals surface area contributed by atoms with Crippen molar-refractivity contribution >= 4 is 23.1 Å². The summed E-state index contributed by atoms with van der Waals surface area (Å²) in [6, 6.07) is 7.81. The monoisotopic (exact) mass is 326 g/mol. The minimum Gasteiger partial charge on any atom is -0.362 e. The zero-order valence-corrected chi connectivity index (χ0v) is 12.2. The highest BCUT2D eigenvalue weighted by Gasteiger charge is 2.30. The van der Waals surface area contributed by atoms with Crippen molar-refractivity contribution in [2.75, 3.05) is 11.9 Å². The van der Waals surface area contributed by atoms with Crippen LogP contribution < -0.4 is 10.6 Å². The number of rotatable bonds is 4. The molecule has 0 aliphatic rings. The summed E-state index contributed by atoms with van der Waals surface area (Å²) in [5, 5.41) is 5.97. The Balaban J connectivity index is 1.79. The van der Waals surface area contributed by atoms with Gasteiger partial charge in [-0.15, -0.1) is 0 Å². The van der Waals surface area contributed by atoms with Crippen molar-refractivity contribution in [2.24, 2.45) is 0 Å². The van der Waals surface area contributed by atoms with Gasteiger partial charge in [0.05, 0.1) is 5.56 Å². The van der Waals surface area contributed by atoms with Crippen molar-refractivity contribution in [1.82, 2.24) is 15.3 Å². The van der Waals surface area contributed by atoms with Gasteiger partial charge in [-0.2, -0.15) is 13.2 Å². The number of thiocarbonyl (C=S) groups is 1. The molecule has 2 aromatic rings. The van der Waals surface area contributed by atoms with E-state index in [0.717, 1.165) is 18.0 Å². The summed E-state index contributed by atoms with van der Waals surface area (Å²) in [5.41, 5.74) is 0.123. The quantitative estimate of drug-likeness (QED) is 0.846. The molecule has 2 aromatic heterocycles. The number of halogens is 3. The Morgan fingerprint density at radius 1 is 1.14 bits per heavy atom. The van der Waals surface area contributed by atoms with Crippen molar-refractivity contribution in [3.63, 3.8) is 0 Å². The van der Waals surface area contributed by atoms with Crippen LogP contribution in [0.4, 0.5) is 19.0 Å². The van der Waals surface area contributed by atoms with Gasteiger partial charge >= 0.3 is 6.18 Å². The number of nitrogens with zero attached hydrogens (tertiary/aromatic N) is 2. The molecular formula is C14H13F3N4S. The molecule has 0 aromatic carbocycles. The van der Waals surface area contributed by atoms with Crippen molar-refractivity contribution in [3.05, 3.63) is 54.0 Å². The number of hydrogen-bond acceptors (Lipinski definition) is 3. The van der Waals surface area contributed by atoms with Gasteiger partial charge in [-0.1, -0.05) is 6.07 Å². The second-order valence-corrected chi connectivity index (χ2v) is 4.79. The van der Waals surface area contributed by atoms with Gasteiger partial charge in [0.15, 0.2) is 5.11 Å². The Morgan fingerprint density at radius 2 is 1.95 bits per heavy atom. The molecule has 4 nitrogen and oxygen atoms in total. The van der Waals surface area contributed by atoms with Gasteiger partial charge in [-0.05, 0) is 36.5 Å². The van der Waals surface area contributed by atoms with Crippen LogP contribution in [-0.2, 0) is 12.6 Å². The number of aromatic nitrogens is 2. The molecule has 0 radical (unpaired) electrons. The van der Waals surface area contributed by atoms with Crippen molar-refractivity contribution in [2.45, 2.75) is 12.6 Å². The van der Waals surface area contributed by atoms with Crippen LogP contribution in [0.15, 0.2) is 42.7 Å². The molecule has 0 atom stereocenters. The zero-order chi connectivity index (χ0) is 16.0. The molecule has 0 fully saturated rings. The zero-order valence-electron chi connectivity index (χ0n) is 11.4. The molecule has 0 saturated carbocycles. The number of alkyl halides is 3. The Labute approximate surface area is 130 Å². The Morgan fingerprint density at radius 3 is 2.55 bits per heavy atom. The van der Waals surface area contributed by atoms with E-state index in [9.17, 15) is 13.2 Å². The molecule has 8 heteroatoms. The van der Waals surface area contributed by atoms with E-state index in [0.29, 0.717) is 18.1 Å². The average Bonchev–Trinajstić information content (AvgIpc) is 2.48. The lowest BCUT2D eigenvalue weighted by Crippen LogP contribution is -2.30. The molecule has 0 aliphatic carbocycles. The number of nitrogens with one attached hydrogen (secondary N) is 2. The second-order valence-electron chi connectivity index (χ2n) is 4.38. The first-order valence-electron chi connectivity index (χ1n) is 6.43. The van der Waals surface area contributed by atoms with Crippen molar-refractivity contribution < 1.29 is 13.2 Å². The summed E-state index contributed by atoms with van der Waals surface area (Å²) in [5.74, 6) is 0.253. The topological polar surface area (TPSA) is 49.8 Å². The lowest BCUT2D eigenvalue weighted by molar-refractivity contribution is -0.137. The molecule has 2 N–H and O–H groups in total. The third-order valence-electron chi connectivity index (χ3n) is 2.73. The standard InChI is InChI=1S/C14H13F3N4S/c15-14(16,17)10-4-5-12(20-9-10)21-13(22)19-8-6-11-3-1-2-7-18-11/h1-5,7,9H,6,8H2,(H2,19,20,21,22). The van der Waals surface area contributed by atoms with E-state index in [1.165, 1.54) is 6.07 Å². The van der Waals surface area contributed by atoms with E-state index in [1.807, 2.05) is 18.2 Å². The maximum absolute atomic E-state index is 12.4. The molecule has 0 unspecified atom stereocenters. The van der Waals surface area contributed by atoms with E-state index >= 15 is 0 Å². The molecule has 22 heavy (non-hydrogen) atoms. The first-order valence-corrected chi connectivity index (χ1v) is 6.84. The van der Waals surface area contributed by atoms with Gasteiger partial charge in [0, 0.05) is 31.1 Å². The van der Waals surface area contributed by atoms with E-state index in [1.54, 1.807) is 6.20 Å². The van der Waals surface area contributed by atoms with Crippen LogP contribution in [0.3, 0.4) is 0 Å². The van der Waals surface area contributed by atoms with E-state index < -0.39 is 11.7 Å². The second kappa shape index (κ2) is 7.17. The molecule has 0 bridgehead atoms. The van der Waals surface area contributed by atoms with Gasteiger partial charge in [0.1, 0.15) is 5.82 Å². The summed E-state index contributed by atoms with van der Waals surface area (Å²) in [6.07, 6.45) is -1.24. The van der Waals surface area contributed by atoms with E-state index in [-0.39, 0.29) is 5.82 Å². The van der Waals surface area contributed by atoms with E-state index in [2.05, 4.69) is 20.6 Å². The SMILES string of the molecule is FC(F)(F)c1ccc(NC(=S)NCCc2ccccn2)nc1. The highest BCUT2D eigenvalue weighted by molar-refractivity contribution is 7.80. The summed E-state index contributed by atoms with van der Waals surface area (Å²) in [7, 11) is 0. The predicted octanol–water partition coefficient (Wildman–Crippen LogP) is 3.02. The fraction of sp³-hybridized carbons (Fsp3) is 0.214. The lowest BCUT2D eigenvalue weighted by Gasteiger charge is -2.11. The Bertz CT molecular complexity index is 614. The van der Waals surface area contributed by atoms with Gasteiger partial charge in [0.2, 0.25) is 0 Å². The highest BCUT2D eigenvalue weighted by atomic mass is 32.1. The largest absolute Gasteiger partial charge is 0.417 e. The van der Waals surface area contributed by atoms with Crippen LogP contribution in [0, 0.1) is 0 Å². The normalized spacial score (nSPS) is 11.0. The van der Waals surface area contributed by atoms with Crippen LogP contribution in [0.1, 0.15) is 11.3 Å². The Hall–Kier alpha value is -2.22. The molecule has 2 rings (SSSR count). The van der Waals surface area contributed by atoms with Gasteiger partial charge in [0.25, 0.3) is 0 Å². The van der Waals surface area contributed by atoms with Crippen LogP contribution in [0.25, 0.3) is 0 Å². The average molecular weight is 326 g/mol. The third-order valence-corrected chi connectivity index (χ3v) is 2.97. The van der Waals surface area contributed by atoms with Gasteiger partial charge in [-0.25, -0.2) is 4.98 Å². The minimum absolute atomic E-state index is 0.253. The van der Waals surface area contributed by atoms with Crippen molar-refractivity contribution in [3.8, 4) is 0 Å². The smallest absolute Gasteiger partial charge is 0.362 e. The number of pyridine rings is 2. The number of anilines is 1. The number of hydrogen-bond donors (Lipinski definition) is 2. The summed E-state index contributed by atoms with van der Waals surface area (Å²) < 4.78 is 37.2. The fourth-order valence-electron chi connectivity index (χ4n) is 1.65. The summed E-state index contributed by atoms with van der Waals surface area (Å²) in [6.45, 7) is 0.559. The fourth-order valence-corrected chi connectivity index (χ4v) is 1.85. The van der Waals surface area contributed by atoms with E-state index in [4.69, 9.17) is 12.2 Å². The molecule has 116 valence electrons. The lowest BCUT2D eigenvalue weighted by atomic mass is 10.3. The molecule has 0 spiro atoms. The molecular weight excluding hydrogens is 313 g/mol. The van der Waals surface area contributed by atoms with Gasteiger partial charge < -0.3 is 10.6 Å². The first-order chi connectivity index (χ1) is 10.4. The first kappa shape index (κ1) is 16.2. The van der Waals surface area contributed by atoms with Crippen LogP contribution in [0.5, 0.6) is 0 Å².